The van der Waals surface area contributed by atoms with Gasteiger partial charge in [-0.25, -0.2) is 14.5 Å². The maximum Gasteiger partial charge on any atom is 0.340 e. The fourth-order valence-electron chi connectivity index (χ4n) is 1.29. The third-order valence-corrected chi connectivity index (χ3v) is 2.67. The molecule has 0 aromatic carbocycles. The molecule has 0 fully saturated rings. The van der Waals surface area contributed by atoms with Crippen molar-refractivity contribution in [1.29, 1.82) is 0 Å². The van der Waals surface area contributed by atoms with Crippen LogP contribution in [-0.2, 0) is 4.74 Å². The molecular formula is C10H9IN4O2. The van der Waals surface area contributed by atoms with Crippen LogP contribution >= 0.6 is 22.6 Å². The van der Waals surface area contributed by atoms with Gasteiger partial charge in [0.15, 0.2) is 5.82 Å². The van der Waals surface area contributed by atoms with Crippen LogP contribution in [0.5, 0.6) is 0 Å². The van der Waals surface area contributed by atoms with Gasteiger partial charge in [0.05, 0.1) is 34.3 Å². The van der Waals surface area contributed by atoms with Crippen molar-refractivity contribution >= 4 is 34.2 Å². The van der Waals surface area contributed by atoms with E-state index in [1.165, 1.54) is 13.3 Å². The minimum absolute atomic E-state index is 0.280. The van der Waals surface area contributed by atoms with Gasteiger partial charge in [-0.2, -0.15) is 5.10 Å². The molecule has 0 saturated heterocycles. The molecule has 0 aliphatic carbocycles. The lowest BCUT2D eigenvalue weighted by Gasteiger charge is -2.05. The number of nitrogens with zero attached hydrogens (tertiary/aromatic N) is 3. The highest BCUT2D eigenvalue weighted by molar-refractivity contribution is 14.1. The minimum Gasteiger partial charge on any atom is -0.465 e. The van der Waals surface area contributed by atoms with E-state index in [0.29, 0.717) is 5.82 Å². The summed E-state index contributed by atoms with van der Waals surface area (Å²) in [5.74, 6) is 0.0236. The molecule has 2 heterocycles. The number of pyridine rings is 1. The highest BCUT2D eigenvalue weighted by atomic mass is 127. The van der Waals surface area contributed by atoms with Crippen molar-refractivity contribution in [2.45, 2.75) is 0 Å². The van der Waals surface area contributed by atoms with Crippen LogP contribution in [0.4, 0.5) is 5.69 Å². The number of ether oxygens (including phenoxy) is 1. The van der Waals surface area contributed by atoms with E-state index in [0.717, 1.165) is 3.57 Å². The van der Waals surface area contributed by atoms with Gasteiger partial charge in [0.2, 0.25) is 0 Å². The van der Waals surface area contributed by atoms with Gasteiger partial charge in [0.1, 0.15) is 0 Å². The Balaban J connectivity index is 2.47. The third-order valence-electron chi connectivity index (χ3n) is 2.11. The Morgan fingerprint density at radius 2 is 2.29 bits per heavy atom. The molecule has 2 aromatic heterocycles. The van der Waals surface area contributed by atoms with Crippen LogP contribution in [-0.4, -0.2) is 27.8 Å². The average molecular weight is 344 g/mol. The lowest BCUT2D eigenvalue weighted by atomic mass is 10.2. The zero-order valence-electron chi connectivity index (χ0n) is 8.92. The van der Waals surface area contributed by atoms with Crippen LogP contribution in [0.15, 0.2) is 24.7 Å². The summed E-state index contributed by atoms with van der Waals surface area (Å²) in [4.78, 5) is 15.6. The van der Waals surface area contributed by atoms with E-state index >= 15 is 0 Å². The second kappa shape index (κ2) is 4.70. The molecule has 17 heavy (non-hydrogen) atoms. The van der Waals surface area contributed by atoms with Gasteiger partial charge in [-0.1, -0.05) is 0 Å². The van der Waals surface area contributed by atoms with E-state index in [9.17, 15) is 4.79 Å². The summed E-state index contributed by atoms with van der Waals surface area (Å²) in [6, 6.07) is 1.55. The average Bonchev–Trinajstić information content (AvgIpc) is 2.75. The second-order valence-electron chi connectivity index (χ2n) is 3.22. The topological polar surface area (TPSA) is 83.0 Å². The monoisotopic (exact) mass is 344 g/mol. The summed E-state index contributed by atoms with van der Waals surface area (Å²) in [5, 5.41) is 4.10. The molecule has 2 rings (SSSR count). The molecule has 0 bridgehead atoms. The Morgan fingerprint density at radius 3 is 2.88 bits per heavy atom. The SMILES string of the molecule is COC(=O)c1cc(-n2cc(I)cn2)ncc1N. The van der Waals surface area contributed by atoms with Gasteiger partial charge in [0.25, 0.3) is 0 Å². The zero-order valence-corrected chi connectivity index (χ0v) is 11.1. The van der Waals surface area contributed by atoms with Crippen molar-refractivity contribution in [1.82, 2.24) is 14.8 Å². The Morgan fingerprint density at radius 1 is 1.53 bits per heavy atom. The van der Waals surface area contributed by atoms with Crippen molar-refractivity contribution in [3.63, 3.8) is 0 Å². The molecule has 88 valence electrons. The highest BCUT2D eigenvalue weighted by Crippen LogP contribution is 2.15. The summed E-state index contributed by atoms with van der Waals surface area (Å²) in [6.45, 7) is 0. The Hall–Kier alpha value is -1.64. The quantitative estimate of drug-likeness (QED) is 0.655. The number of anilines is 1. The first kappa shape index (κ1) is 11.8. The fraction of sp³-hybridized carbons (Fsp3) is 0.100. The summed E-state index contributed by atoms with van der Waals surface area (Å²) < 4.78 is 7.17. The van der Waals surface area contributed by atoms with Crippen molar-refractivity contribution in [2.24, 2.45) is 0 Å². The standard InChI is InChI=1S/C10H9IN4O2/c1-17-10(16)7-2-9(13-4-8(7)12)15-5-6(11)3-14-15/h2-5H,12H2,1H3. The largest absolute Gasteiger partial charge is 0.465 e. The van der Waals surface area contributed by atoms with Crippen LogP contribution < -0.4 is 5.73 Å². The predicted molar refractivity (Wildman–Crippen MR) is 69.8 cm³/mol. The van der Waals surface area contributed by atoms with Crippen LogP contribution in [0.1, 0.15) is 10.4 Å². The first-order chi connectivity index (χ1) is 8.11. The molecule has 0 atom stereocenters. The summed E-state index contributed by atoms with van der Waals surface area (Å²) in [5.41, 5.74) is 6.22. The fourth-order valence-corrected chi connectivity index (χ4v) is 1.68. The second-order valence-corrected chi connectivity index (χ2v) is 4.47. The summed E-state index contributed by atoms with van der Waals surface area (Å²) in [6.07, 6.45) is 4.90. The highest BCUT2D eigenvalue weighted by Gasteiger charge is 2.12. The lowest BCUT2D eigenvalue weighted by molar-refractivity contribution is 0.0602. The molecule has 0 aliphatic heterocycles. The van der Waals surface area contributed by atoms with Gasteiger partial charge in [0, 0.05) is 6.20 Å². The number of carbonyl (C=O) groups is 1. The van der Waals surface area contributed by atoms with Gasteiger partial charge in [-0.05, 0) is 28.7 Å². The minimum atomic E-state index is -0.493. The molecule has 0 amide bonds. The molecule has 2 aromatic rings. The maximum atomic E-state index is 11.5. The van der Waals surface area contributed by atoms with E-state index in [-0.39, 0.29) is 11.3 Å². The molecule has 7 heteroatoms. The van der Waals surface area contributed by atoms with Gasteiger partial charge in [-0.15, -0.1) is 0 Å². The van der Waals surface area contributed by atoms with E-state index in [4.69, 9.17) is 5.73 Å². The number of nitrogens with two attached hydrogens (primary N) is 1. The van der Waals surface area contributed by atoms with Gasteiger partial charge < -0.3 is 10.5 Å². The molecule has 2 N–H and O–H groups in total. The number of hydrogen-bond acceptors (Lipinski definition) is 5. The molecule has 0 saturated carbocycles. The third kappa shape index (κ3) is 2.38. The van der Waals surface area contributed by atoms with Crippen LogP contribution in [0.3, 0.4) is 0 Å². The number of rotatable bonds is 2. The lowest BCUT2D eigenvalue weighted by Crippen LogP contribution is -2.08. The van der Waals surface area contributed by atoms with E-state index in [1.54, 1.807) is 23.1 Å². The van der Waals surface area contributed by atoms with Crippen LogP contribution in [0.25, 0.3) is 5.82 Å². The normalized spacial score (nSPS) is 10.2. The molecule has 0 spiro atoms. The first-order valence-corrected chi connectivity index (χ1v) is 5.74. The smallest absolute Gasteiger partial charge is 0.340 e. The number of carbonyl (C=O) groups excluding carboxylic acids is 1. The Bertz CT molecular complexity index is 567. The molecule has 0 aliphatic rings. The number of methoxy groups -OCH3 is 1. The maximum absolute atomic E-state index is 11.5. The summed E-state index contributed by atoms with van der Waals surface area (Å²) in [7, 11) is 1.30. The predicted octanol–water partition coefficient (Wildman–Crippen LogP) is 1.24. The number of nitrogen functional groups attached to an aromatic ring is 1. The number of esters is 1. The van der Waals surface area contributed by atoms with Gasteiger partial charge >= 0.3 is 5.97 Å². The van der Waals surface area contributed by atoms with E-state index < -0.39 is 5.97 Å². The molecule has 6 nitrogen and oxygen atoms in total. The van der Waals surface area contributed by atoms with Crippen molar-refractivity contribution in [2.75, 3.05) is 12.8 Å². The number of hydrogen-bond donors (Lipinski definition) is 1. The van der Waals surface area contributed by atoms with E-state index in [2.05, 4.69) is 37.4 Å². The number of aromatic nitrogens is 3. The van der Waals surface area contributed by atoms with Crippen LogP contribution in [0.2, 0.25) is 0 Å². The first-order valence-electron chi connectivity index (χ1n) is 4.66. The van der Waals surface area contributed by atoms with Crippen LogP contribution in [0, 0.1) is 3.57 Å². The Labute approximate surface area is 111 Å². The molecular weight excluding hydrogens is 335 g/mol. The summed E-state index contributed by atoms with van der Waals surface area (Å²) >= 11 is 2.14. The van der Waals surface area contributed by atoms with E-state index in [1.807, 2.05) is 0 Å². The zero-order chi connectivity index (χ0) is 12.4. The van der Waals surface area contributed by atoms with Crippen molar-refractivity contribution in [3.05, 3.63) is 33.8 Å². The Kier molecular flexibility index (Phi) is 3.27. The van der Waals surface area contributed by atoms with Crippen molar-refractivity contribution < 1.29 is 9.53 Å². The number of halogens is 1. The van der Waals surface area contributed by atoms with Crippen molar-refractivity contribution in [3.8, 4) is 5.82 Å². The molecule has 0 radical (unpaired) electrons. The molecule has 0 unspecified atom stereocenters. The van der Waals surface area contributed by atoms with Gasteiger partial charge in [-0.3, -0.25) is 0 Å².